The second-order valence-corrected chi connectivity index (χ2v) is 7.26. The monoisotopic (exact) mass is 353 g/mol. The normalized spacial score (nSPS) is 19.1. The number of piperidine rings is 1. The first-order chi connectivity index (χ1) is 12.5. The minimum absolute atomic E-state index is 0.0201. The summed E-state index contributed by atoms with van der Waals surface area (Å²) in [5.74, 6) is -1.01. The van der Waals surface area contributed by atoms with E-state index in [-0.39, 0.29) is 12.0 Å². The van der Waals surface area contributed by atoms with Crippen molar-refractivity contribution in [1.82, 2.24) is 9.88 Å². The molecule has 5 nitrogen and oxygen atoms in total. The predicted molar refractivity (Wildman–Crippen MR) is 104 cm³/mol. The third-order valence-electron chi connectivity index (χ3n) is 5.08. The maximum Gasteiger partial charge on any atom is 0.307 e. The van der Waals surface area contributed by atoms with Gasteiger partial charge in [-0.3, -0.25) is 14.7 Å². The first-order valence-corrected chi connectivity index (χ1v) is 9.13. The zero-order chi connectivity index (χ0) is 18.7. The zero-order valence-electron chi connectivity index (χ0n) is 15.7. The number of hydrogen-bond donors (Lipinski definition) is 1. The van der Waals surface area contributed by atoms with E-state index in [0.29, 0.717) is 6.54 Å². The maximum absolute atomic E-state index is 11.5. The van der Waals surface area contributed by atoms with Gasteiger partial charge in [0.25, 0.3) is 0 Å². The minimum Gasteiger partial charge on any atom is -0.481 e. The lowest BCUT2D eigenvalue weighted by atomic mass is 9.93. The molecule has 0 spiro atoms. The van der Waals surface area contributed by atoms with Gasteiger partial charge in [-0.15, -0.1) is 0 Å². The number of aryl methyl sites for hydroxylation is 1. The number of anilines is 1. The van der Waals surface area contributed by atoms with Crippen molar-refractivity contribution >= 4 is 11.7 Å². The Kier molecular flexibility index (Phi) is 5.57. The standard InChI is InChI=1S/C21H27N3O2/c1-15-6-4-8-19(22-15)20(16-9-11-18(12-10-16)23(2)3)24-13-5-7-17(14-24)21(25)26/h4,6,8-12,17,20H,5,7,13-14H2,1-3H3,(H,25,26). The fourth-order valence-electron chi connectivity index (χ4n) is 3.68. The molecule has 26 heavy (non-hydrogen) atoms. The van der Waals surface area contributed by atoms with Gasteiger partial charge >= 0.3 is 5.97 Å². The fraction of sp³-hybridized carbons (Fsp3) is 0.429. The van der Waals surface area contributed by atoms with Gasteiger partial charge in [0.15, 0.2) is 0 Å². The summed E-state index contributed by atoms with van der Waals surface area (Å²) in [4.78, 5) is 20.6. The molecule has 138 valence electrons. The molecule has 5 heteroatoms. The van der Waals surface area contributed by atoms with E-state index in [2.05, 4.69) is 34.1 Å². The number of nitrogens with zero attached hydrogens (tertiary/aromatic N) is 3. The Bertz CT molecular complexity index is 758. The van der Waals surface area contributed by atoms with Gasteiger partial charge in [-0.05, 0) is 56.1 Å². The number of rotatable bonds is 5. The summed E-state index contributed by atoms with van der Waals surface area (Å²) in [5, 5.41) is 9.47. The van der Waals surface area contributed by atoms with E-state index in [0.717, 1.165) is 42.0 Å². The number of carboxylic acid groups (broad SMARTS) is 1. The number of hydrogen-bond acceptors (Lipinski definition) is 4. The van der Waals surface area contributed by atoms with Gasteiger partial charge in [0, 0.05) is 32.0 Å². The first kappa shape index (κ1) is 18.4. The summed E-state index contributed by atoms with van der Waals surface area (Å²) < 4.78 is 0. The molecule has 1 saturated heterocycles. The molecule has 0 amide bonds. The summed E-state index contributed by atoms with van der Waals surface area (Å²) in [6.45, 7) is 3.44. The summed E-state index contributed by atoms with van der Waals surface area (Å²) in [7, 11) is 4.05. The third kappa shape index (κ3) is 4.05. The van der Waals surface area contributed by atoms with Crippen LogP contribution in [0.5, 0.6) is 0 Å². The van der Waals surface area contributed by atoms with Crippen LogP contribution in [-0.2, 0) is 4.79 Å². The summed E-state index contributed by atoms with van der Waals surface area (Å²) in [6, 6.07) is 14.5. The highest BCUT2D eigenvalue weighted by molar-refractivity contribution is 5.70. The summed E-state index contributed by atoms with van der Waals surface area (Å²) >= 11 is 0. The molecular formula is C21H27N3O2. The number of benzene rings is 1. The van der Waals surface area contributed by atoms with Gasteiger partial charge in [-0.1, -0.05) is 18.2 Å². The largest absolute Gasteiger partial charge is 0.481 e. The number of likely N-dealkylation sites (tertiary alicyclic amines) is 1. The van der Waals surface area contributed by atoms with Crippen LogP contribution >= 0.6 is 0 Å². The smallest absolute Gasteiger partial charge is 0.307 e. The Morgan fingerprint density at radius 3 is 2.58 bits per heavy atom. The van der Waals surface area contributed by atoms with E-state index in [4.69, 9.17) is 4.98 Å². The number of carboxylic acids is 1. The zero-order valence-corrected chi connectivity index (χ0v) is 15.7. The molecule has 1 fully saturated rings. The van der Waals surface area contributed by atoms with Crippen LogP contribution < -0.4 is 4.90 Å². The molecule has 0 radical (unpaired) electrons. The van der Waals surface area contributed by atoms with Crippen molar-refractivity contribution in [2.45, 2.75) is 25.8 Å². The average Bonchev–Trinajstić information content (AvgIpc) is 2.63. The van der Waals surface area contributed by atoms with Crippen molar-refractivity contribution in [2.75, 3.05) is 32.1 Å². The molecular weight excluding hydrogens is 326 g/mol. The lowest BCUT2D eigenvalue weighted by Gasteiger charge is -2.37. The highest BCUT2D eigenvalue weighted by atomic mass is 16.4. The molecule has 2 atom stereocenters. The number of aromatic nitrogens is 1. The second-order valence-electron chi connectivity index (χ2n) is 7.26. The van der Waals surface area contributed by atoms with Gasteiger partial charge in [0.1, 0.15) is 0 Å². The van der Waals surface area contributed by atoms with Gasteiger partial charge < -0.3 is 10.0 Å². The van der Waals surface area contributed by atoms with Crippen molar-refractivity contribution in [2.24, 2.45) is 5.92 Å². The van der Waals surface area contributed by atoms with E-state index in [9.17, 15) is 9.90 Å². The number of pyridine rings is 1. The van der Waals surface area contributed by atoms with Crippen LogP contribution in [0.3, 0.4) is 0 Å². The summed E-state index contributed by atoms with van der Waals surface area (Å²) in [6.07, 6.45) is 1.65. The van der Waals surface area contributed by atoms with E-state index in [1.54, 1.807) is 0 Å². The van der Waals surface area contributed by atoms with Crippen molar-refractivity contribution in [3.8, 4) is 0 Å². The fourth-order valence-corrected chi connectivity index (χ4v) is 3.68. The van der Waals surface area contributed by atoms with E-state index in [1.165, 1.54) is 0 Å². The average molecular weight is 353 g/mol. The number of carbonyl (C=O) groups is 1. The molecule has 0 saturated carbocycles. The van der Waals surface area contributed by atoms with Gasteiger partial charge in [-0.25, -0.2) is 0 Å². The van der Waals surface area contributed by atoms with Crippen LogP contribution in [0.4, 0.5) is 5.69 Å². The minimum atomic E-state index is -0.700. The first-order valence-electron chi connectivity index (χ1n) is 9.13. The van der Waals surface area contributed by atoms with E-state index < -0.39 is 5.97 Å². The lowest BCUT2D eigenvalue weighted by molar-refractivity contribution is -0.143. The molecule has 1 aliphatic rings. The third-order valence-corrected chi connectivity index (χ3v) is 5.08. The molecule has 0 aliphatic carbocycles. The van der Waals surface area contributed by atoms with Crippen LogP contribution in [0.1, 0.15) is 35.8 Å². The quantitative estimate of drug-likeness (QED) is 0.893. The Labute approximate surface area is 155 Å². The van der Waals surface area contributed by atoms with E-state index >= 15 is 0 Å². The van der Waals surface area contributed by atoms with Crippen LogP contribution in [0.25, 0.3) is 0 Å². The molecule has 1 aromatic heterocycles. The highest BCUT2D eigenvalue weighted by Crippen LogP contribution is 2.32. The Hall–Kier alpha value is -2.40. The van der Waals surface area contributed by atoms with Crippen molar-refractivity contribution in [3.05, 3.63) is 59.4 Å². The molecule has 1 aliphatic heterocycles. The highest BCUT2D eigenvalue weighted by Gasteiger charge is 2.31. The van der Waals surface area contributed by atoms with Crippen LogP contribution in [0.2, 0.25) is 0 Å². The molecule has 2 unspecified atom stereocenters. The van der Waals surface area contributed by atoms with Crippen molar-refractivity contribution < 1.29 is 9.90 Å². The second kappa shape index (κ2) is 7.87. The topological polar surface area (TPSA) is 56.7 Å². The molecule has 3 rings (SSSR count). The van der Waals surface area contributed by atoms with E-state index in [1.807, 2.05) is 39.2 Å². The van der Waals surface area contributed by atoms with Gasteiger partial charge in [0.2, 0.25) is 0 Å². The van der Waals surface area contributed by atoms with Gasteiger partial charge in [-0.2, -0.15) is 0 Å². The van der Waals surface area contributed by atoms with Crippen LogP contribution in [-0.4, -0.2) is 48.1 Å². The predicted octanol–water partition coefficient (Wildman–Crippen LogP) is 3.34. The molecule has 2 heterocycles. The maximum atomic E-state index is 11.5. The molecule has 0 bridgehead atoms. The van der Waals surface area contributed by atoms with Gasteiger partial charge in [0.05, 0.1) is 17.7 Å². The Morgan fingerprint density at radius 2 is 1.96 bits per heavy atom. The van der Waals surface area contributed by atoms with Crippen LogP contribution in [0, 0.1) is 12.8 Å². The van der Waals surface area contributed by atoms with Crippen LogP contribution in [0.15, 0.2) is 42.5 Å². The Balaban J connectivity index is 1.97. The summed E-state index contributed by atoms with van der Waals surface area (Å²) in [5.41, 5.74) is 4.25. The number of aliphatic carboxylic acids is 1. The van der Waals surface area contributed by atoms with Crippen molar-refractivity contribution in [1.29, 1.82) is 0 Å². The van der Waals surface area contributed by atoms with Crippen molar-refractivity contribution in [3.63, 3.8) is 0 Å². The molecule has 1 aromatic carbocycles. The molecule has 2 aromatic rings. The Morgan fingerprint density at radius 1 is 1.23 bits per heavy atom. The molecule has 1 N–H and O–H groups in total. The SMILES string of the molecule is Cc1cccc(C(c2ccc(N(C)C)cc2)N2CCCC(C(=O)O)C2)n1. The lowest BCUT2D eigenvalue weighted by Crippen LogP contribution is -2.41.